The van der Waals surface area contributed by atoms with Crippen molar-refractivity contribution in [2.75, 3.05) is 6.54 Å². The van der Waals surface area contributed by atoms with Crippen LogP contribution in [0.5, 0.6) is 0 Å². The predicted molar refractivity (Wildman–Crippen MR) is 88.6 cm³/mol. The van der Waals surface area contributed by atoms with E-state index in [9.17, 15) is 0 Å². The normalized spacial score (nSPS) is 12.6. The Kier molecular flexibility index (Phi) is 5.57. The zero-order valence-electron chi connectivity index (χ0n) is 13.7. The third kappa shape index (κ3) is 4.71. The summed E-state index contributed by atoms with van der Waals surface area (Å²) >= 11 is 0. The van der Waals surface area contributed by atoms with E-state index in [-0.39, 0.29) is 0 Å². The molecule has 1 aromatic carbocycles. The van der Waals surface area contributed by atoms with Crippen molar-refractivity contribution in [1.82, 2.24) is 15.1 Å². The second-order valence-corrected chi connectivity index (χ2v) is 6.01. The molecule has 0 bridgehead atoms. The van der Waals surface area contributed by atoms with Gasteiger partial charge in [0.25, 0.3) is 0 Å². The summed E-state index contributed by atoms with van der Waals surface area (Å²) in [7, 11) is 1.97. The van der Waals surface area contributed by atoms with Gasteiger partial charge < -0.3 is 5.32 Å². The molecule has 21 heavy (non-hydrogen) atoms. The Morgan fingerprint density at radius 3 is 2.71 bits per heavy atom. The molecule has 114 valence electrons. The zero-order chi connectivity index (χ0) is 15.2. The van der Waals surface area contributed by atoms with Gasteiger partial charge in [-0.15, -0.1) is 0 Å². The van der Waals surface area contributed by atoms with Crippen molar-refractivity contribution >= 4 is 0 Å². The molecule has 1 atom stereocenters. The van der Waals surface area contributed by atoms with Gasteiger partial charge in [-0.2, -0.15) is 5.10 Å². The first-order chi connectivity index (χ1) is 10.1. The molecular formula is C18H27N3. The van der Waals surface area contributed by atoms with Gasteiger partial charge in [-0.25, -0.2) is 0 Å². The molecule has 3 nitrogen and oxygen atoms in total. The summed E-state index contributed by atoms with van der Waals surface area (Å²) in [5, 5.41) is 7.96. The van der Waals surface area contributed by atoms with E-state index in [1.807, 2.05) is 17.9 Å². The van der Waals surface area contributed by atoms with E-state index in [4.69, 9.17) is 0 Å². The number of aryl methyl sites for hydroxylation is 3. The highest BCUT2D eigenvalue weighted by Crippen LogP contribution is 2.15. The lowest BCUT2D eigenvalue weighted by molar-refractivity contribution is 0.504. The maximum absolute atomic E-state index is 4.28. The highest BCUT2D eigenvalue weighted by molar-refractivity contribution is 5.31. The maximum Gasteiger partial charge on any atom is 0.0522 e. The van der Waals surface area contributed by atoms with E-state index in [1.54, 1.807) is 0 Å². The monoisotopic (exact) mass is 285 g/mol. The molecule has 2 rings (SSSR count). The van der Waals surface area contributed by atoms with Gasteiger partial charge in [0, 0.05) is 19.3 Å². The van der Waals surface area contributed by atoms with Gasteiger partial charge in [0.1, 0.15) is 0 Å². The van der Waals surface area contributed by atoms with Gasteiger partial charge in [0.2, 0.25) is 0 Å². The summed E-state index contributed by atoms with van der Waals surface area (Å²) in [5.41, 5.74) is 5.48. The van der Waals surface area contributed by atoms with Gasteiger partial charge in [-0.05, 0) is 56.3 Å². The summed E-state index contributed by atoms with van der Waals surface area (Å²) < 4.78 is 1.88. The second kappa shape index (κ2) is 7.41. The summed E-state index contributed by atoms with van der Waals surface area (Å²) in [6, 6.07) is 7.20. The first-order valence-electron chi connectivity index (χ1n) is 7.85. The van der Waals surface area contributed by atoms with Crippen molar-refractivity contribution in [3.05, 3.63) is 52.8 Å². The number of hydrogen-bond acceptors (Lipinski definition) is 2. The topological polar surface area (TPSA) is 29.9 Å². The van der Waals surface area contributed by atoms with Crippen molar-refractivity contribution in [3.8, 4) is 0 Å². The highest BCUT2D eigenvalue weighted by atomic mass is 15.2. The fraction of sp³-hybridized carbons (Fsp3) is 0.500. The van der Waals surface area contributed by atoms with Gasteiger partial charge in [0.15, 0.2) is 0 Å². The molecule has 3 heteroatoms. The molecule has 1 unspecified atom stereocenters. The average Bonchev–Trinajstić information content (AvgIpc) is 2.85. The Labute approximate surface area is 128 Å². The SMILES string of the molecule is CCCNC(Cc1cnn(C)c1)Cc1cc(C)ccc1C. The summed E-state index contributed by atoms with van der Waals surface area (Å²) in [6.45, 7) is 7.65. The lowest BCUT2D eigenvalue weighted by Crippen LogP contribution is -2.34. The first-order valence-corrected chi connectivity index (χ1v) is 7.85. The molecule has 0 amide bonds. The van der Waals surface area contributed by atoms with Crippen molar-refractivity contribution in [3.63, 3.8) is 0 Å². The van der Waals surface area contributed by atoms with Crippen LogP contribution >= 0.6 is 0 Å². The molecule has 0 fully saturated rings. The van der Waals surface area contributed by atoms with E-state index in [1.165, 1.54) is 22.3 Å². The lowest BCUT2D eigenvalue weighted by Gasteiger charge is -2.19. The average molecular weight is 285 g/mol. The quantitative estimate of drug-likeness (QED) is 0.846. The summed E-state index contributed by atoms with van der Waals surface area (Å²) in [6.07, 6.45) is 7.35. The Morgan fingerprint density at radius 2 is 2.05 bits per heavy atom. The molecule has 0 saturated heterocycles. The fourth-order valence-electron chi connectivity index (χ4n) is 2.71. The smallest absolute Gasteiger partial charge is 0.0522 e. The van der Waals surface area contributed by atoms with E-state index in [2.05, 4.69) is 55.6 Å². The van der Waals surface area contributed by atoms with Crippen LogP contribution in [0.3, 0.4) is 0 Å². The minimum absolute atomic E-state index is 0.467. The van der Waals surface area contributed by atoms with Gasteiger partial charge >= 0.3 is 0 Å². The molecule has 1 aromatic heterocycles. The van der Waals surface area contributed by atoms with E-state index in [0.717, 1.165) is 25.8 Å². The molecule has 0 spiro atoms. The van der Waals surface area contributed by atoms with Crippen LogP contribution in [0, 0.1) is 13.8 Å². The van der Waals surface area contributed by atoms with Gasteiger partial charge in [-0.1, -0.05) is 30.7 Å². The molecule has 0 aliphatic heterocycles. The Morgan fingerprint density at radius 1 is 1.24 bits per heavy atom. The number of nitrogens with one attached hydrogen (secondary N) is 1. The Bertz CT molecular complexity index is 572. The standard InChI is InChI=1S/C18H27N3/c1-5-8-19-18(10-16-12-20-21(4)13-16)11-17-9-14(2)6-7-15(17)3/h6-7,9,12-13,18-19H,5,8,10-11H2,1-4H3. The minimum Gasteiger partial charge on any atom is -0.313 e. The third-order valence-electron chi connectivity index (χ3n) is 3.89. The minimum atomic E-state index is 0.467. The largest absolute Gasteiger partial charge is 0.313 e. The van der Waals surface area contributed by atoms with Crippen molar-refractivity contribution in [2.45, 2.75) is 46.1 Å². The van der Waals surface area contributed by atoms with Crippen LogP contribution in [0.2, 0.25) is 0 Å². The lowest BCUT2D eigenvalue weighted by atomic mass is 9.96. The van der Waals surface area contributed by atoms with E-state index in [0.29, 0.717) is 6.04 Å². The van der Waals surface area contributed by atoms with Crippen LogP contribution in [0.15, 0.2) is 30.6 Å². The van der Waals surface area contributed by atoms with Crippen LogP contribution in [-0.4, -0.2) is 22.4 Å². The van der Waals surface area contributed by atoms with E-state index >= 15 is 0 Å². The van der Waals surface area contributed by atoms with Crippen LogP contribution in [0.1, 0.15) is 35.6 Å². The molecular weight excluding hydrogens is 258 g/mol. The maximum atomic E-state index is 4.28. The van der Waals surface area contributed by atoms with Gasteiger partial charge in [-0.3, -0.25) is 4.68 Å². The molecule has 0 aliphatic rings. The molecule has 0 radical (unpaired) electrons. The summed E-state index contributed by atoms with van der Waals surface area (Å²) in [5.74, 6) is 0. The first kappa shape index (κ1) is 15.8. The predicted octanol–water partition coefficient (Wildman–Crippen LogP) is 3.19. The Hall–Kier alpha value is -1.61. The molecule has 0 saturated carbocycles. The molecule has 0 aliphatic carbocycles. The van der Waals surface area contributed by atoms with E-state index < -0.39 is 0 Å². The zero-order valence-corrected chi connectivity index (χ0v) is 13.7. The second-order valence-electron chi connectivity index (χ2n) is 6.01. The molecule has 2 aromatic rings. The number of rotatable bonds is 7. The molecule has 1 N–H and O–H groups in total. The molecule has 1 heterocycles. The summed E-state index contributed by atoms with van der Waals surface area (Å²) in [4.78, 5) is 0. The van der Waals surface area contributed by atoms with Crippen molar-refractivity contribution in [2.24, 2.45) is 7.05 Å². The van der Waals surface area contributed by atoms with Crippen molar-refractivity contribution < 1.29 is 0 Å². The highest BCUT2D eigenvalue weighted by Gasteiger charge is 2.12. The number of nitrogens with zero attached hydrogens (tertiary/aromatic N) is 2. The Balaban J connectivity index is 2.09. The van der Waals surface area contributed by atoms with Crippen LogP contribution in [0.4, 0.5) is 0 Å². The third-order valence-corrected chi connectivity index (χ3v) is 3.89. The van der Waals surface area contributed by atoms with Crippen LogP contribution < -0.4 is 5.32 Å². The van der Waals surface area contributed by atoms with Crippen LogP contribution in [-0.2, 0) is 19.9 Å². The van der Waals surface area contributed by atoms with Crippen LogP contribution in [0.25, 0.3) is 0 Å². The van der Waals surface area contributed by atoms with Crippen molar-refractivity contribution in [1.29, 1.82) is 0 Å². The van der Waals surface area contributed by atoms with Gasteiger partial charge in [0.05, 0.1) is 6.20 Å². The number of aromatic nitrogens is 2. The number of hydrogen-bond donors (Lipinski definition) is 1. The number of benzene rings is 1. The fourth-order valence-corrected chi connectivity index (χ4v) is 2.71.